The minimum atomic E-state index is -0.0479. The molecule has 1 saturated carbocycles. The molecule has 0 saturated heterocycles. The topological polar surface area (TPSA) is 34.1 Å². The number of hydrogen-bond donors (Lipinski definition) is 1. The molecule has 2 rings (SSSR count). The maximum absolute atomic E-state index is 5.37. The second-order valence-corrected chi connectivity index (χ2v) is 5.08. The van der Waals surface area contributed by atoms with Crippen LogP contribution in [-0.4, -0.2) is 25.7 Å². The van der Waals surface area contributed by atoms with Crippen LogP contribution < -0.4 is 5.32 Å². The zero-order valence-corrected chi connectivity index (χ0v) is 10.4. The van der Waals surface area contributed by atoms with E-state index in [1.54, 1.807) is 18.4 Å². The summed E-state index contributed by atoms with van der Waals surface area (Å²) in [5.41, 5.74) is 1.06. The third-order valence-electron chi connectivity index (χ3n) is 3.09. The van der Waals surface area contributed by atoms with E-state index < -0.39 is 0 Å². The van der Waals surface area contributed by atoms with Gasteiger partial charge in [0.05, 0.1) is 12.1 Å². The maximum atomic E-state index is 5.37. The van der Waals surface area contributed by atoms with Crippen LogP contribution in [0.2, 0.25) is 0 Å². The van der Waals surface area contributed by atoms with Gasteiger partial charge < -0.3 is 10.1 Å². The van der Waals surface area contributed by atoms with E-state index in [-0.39, 0.29) is 5.54 Å². The smallest absolute Gasteiger partial charge is 0.116 e. The Balaban J connectivity index is 2.31. The van der Waals surface area contributed by atoms with E-state index >= 15 is 0 Å². The third-order valence-corrected chi connectivity index (χ3v) is 4.23. The van der Waals surface area contributed by atoms with Crippen molar-refractivity contribution in [3.05, 3.63) is 16.1 Å². The fourth-order valence-corrected chi connectivity index (χ4v) is 3.17. The highest BCUT2D eigenvalue weighted by Gasteiger charge is 2.47. The first-order valence-corrected chi connectivity index (χ1v) is 6.21. The molecule has 1 fully saturated rings. The fourth-order valence-electron chi connectivity index (χ4n) is 2.10. The number of ether oxygens (including phenoxy) is 1. The predicted octanol–water partition coefficient (Wildman–Crippen LogP) is 1.92. The SMILES string of the molecule is CNC(COC)(c1nc(C)cs1)C1CC1. The zero-order valence-electron chi connectivity index (χ0n) is 9.54. The fraction of sp³-hybridized carbons (Fsp3) is 0.727. The van der Waals surface area contributed by atoms with Crippen molar-refractivity contribution in [3.63, 3.8) is 0 Å². The Morgan fingerprint density at radius 3 is 2.80 bits per heavy atom. The normalized spacial score (nSPS) is 20.2. The number of methoxy groups -OCH3 is 1. The molecule has 15 heavy (non-hydrogen) atoms. The molecule has 0 spiro atoms. The molecule has 0 bridgehead atoms. The number of nitrogens with one attached hydrogen (secondary N) is 1. The maximum Gasteiger partial charge on any atom is 0.116 e. The number of aromatic nitrogens is 1. The van der Waals surface area contributed by atoms with Gasteiger partial charge in [-0.3, -0.25) is 0 Å². The summed E-state index contributed by atoms with van der Waals surface area (Å²) in [6, 6.07) is 0. The molecule has 1 aliphatic rings. The van der Waals surface area contributed by atoms with Crippen LogP contribution in [-0.2, 0) is 10.3 Å². The summed E-state index contributed by atoms with van der Waals surface area (Å²) in [4.78, 5) is 4.61. The lowest BCUT2D eigenvalue weighted by Crippen LogP contribution is -2.46. The Labute approximate surface area is 94.9 Å². The molecule has 1 aromatic heterocycles. The van der Waals surface area contributed by atoms with Crippen molar-refractivity contribution in [1.82, 2.24) is 10.3 Å². The molecule has 1 heterocycles. The number of rotatable bonds is 5. The molecular weight excluding hydrogens is 208 g/mol. The van der Waals surface area contributed by atoms with E-state index in [0.717, 1.165) is 5.69 Å². The van der Waals surface area contributed by atoms with Gasteiger partial charge in [0.15, 0.2) is 0 Å². The monoisotopic (exact) mass is 226 g/mol. The number of likely N-dealkylation sites (N-methyl/N-ethyl adjacent to an activating group) is 1. The minimum absolute atomic E-state index is 0.0479. The van der Waals surface area contributed by atoms with Crippen molar-refractivity contribution >= 4 is 11.3 Å². The highest BCUT2D eigenvalue weighted by Crippen LogP contribution is 2.46. The summed E-state index contributed by atoms with van der Waals surface area (Å²) in [5, 5.41) is 6.71. The predicted molar refractivity (Wildman–Crippen MR) is 62.2 cm³/mol. The van der Waals surface area contributed by atoms with E-state index in [1.165, 1.54) is 17.8 Å². The highest BCUT2D eigenvalue weighted by molar-refractivity contribution is 7.09. The van der Waals surface area contributed by atoms with Crippen molar-refractivity contribution in [3.8, 4) is 0 Å². The molecule has 3 nitrogen and oxygen atoms in total. The van der Waals surface area contributed by atoms with Gasteiger partial charge in [0.2, 0.25) is 0 Å². The summed E-state index contributed by atoms with van der Waals surface area (Å²) in [7, 11) is 3.77. The minimum Gasteiger partial charge on any atom is -0.382 e. The van der Waals surface area contributed by atoms with Crippen molar-refractivity contribution in [2.75, 3.05) is 20.8 Å². The highest BCUT2D eigenvalue weighted by atomic mass is 32.1. The van der Waals surface area contributed by atoms with Crippen LogP contribution in [0.5, 0.6) is 0 Å². The van der Waals surface area contributed by atoms with Gasteiger partial charge in [0.25, 0.3) is 0 Å². The summed E-state index contributed by atoms with van der Waals surface area (Å²) < 4.78 is 5.37. The Bertz CT molecular complexity index is 335. The van der Waals surface area contributed by atoms with Crippen LogP contribution in [0, 0.1) is 12.8 Å². The summed E-state index contributed by atoms with van der Waals surface area (Å²) in [6.07, 6.45) is 2.56. The lowest BCUT2D eigenvalue weighted by Gasteiger charge is -2.31. The number of nitrogens with zero attached hydrogens (tertiary/aromatic N) is 1. The van der Waals surface area contributed by atoms with Crippen LogP contribution in [0.1, 0.15) is 23.5 Å². The largest absolute Gasteiger partial charge is 0.382 e. The Morgan fingerprint density at radius 2 is 2.40 bits per heavy atom. The van der Waals surface area contributed by atoms with Gasteiger partial charge >= 0.3 is 0 Å². The van der Waals surface area contributed by atoms with Crippen molar-refractivity contribution in [2.45, 2.75) is 25.3 Å². The van der Waals surface area contributed by atoms with Gasteiger partial charge in [0.1, 0.15) is 5.01 Å². The van der Waals surface area contributed by atoms with Crippen LogP contribution in [0.3, 0.4) is 0 Å². The van der Waals surface area contributed by atoms with Gasteiger partial charge in [-0.1, -0.05) is 0 Å². The molecule has 0 amide bonds. The van der Waals surface area contributed by atoms with Crippen LogP contribution in [0.25, 0.3) is 0 Å². The quantitative estimate of drug-likeness (QED) is 0.833. The average molecular weight is 226 g/mol. The van der Waals surface area contributed by atoms with E-state index in [2.05, 4.69) is 15.7 Å². The summed E-state index contributed by atoms with van der Waals surface area (Å²) >= 11 is 1.74. The Morgan fingerprint density at radius 1 is 1.67 bits per heavy atom. The zero-order chi connectivity index (χ0) is 10.9. The molecule has 0 radical (unpaired) electrons. The van der Waals surface area contributed by atoms with Gasteiger partial charge in [-0.2, -0.15) is 0 Å². The Hall–Kier alpha value is -0.450. The Kier molecular flexibility index (Phi) is 3.09. The molecule has 1 aliphatic carbocycles. The van der Waals surface area contributed by atoms with E-state index in [0.29, 0.717) is 12.5 Å². The van der Waals surface area contributed by atoms with Crippen LogP contribution in [0.4, 0.5) is 0 Å². The molecule has 1 atom stereocenters. The first-order valence-electron chi connectivity index (χ1n) is 5.33. The molecule has 0 aliphatic heterocycles. The van der Waals surface area contributed by atoms with Gasteiger partial charge in [-0.15, -0.1) is 11.3 Å². The van der Waals surface area contributed by atoms with E-state index in [4.69, 9.17) is 4.74 Å². The van der Waals surface area contributed by atoms with Crippen molar-refractivity contribution < 1.29 is 4.74 Å². The molecule has 4 heteroatoms. The van der Waals surface area contributed by atoms with Crippen LogP contribution >= 0.6 is 11.3 Å². The number of hydrogen-bond acceptors (Lipinski definition) is 4. The lowest BCUT2D eigenvalue weighted by molar-refractivity contribution is 0.0980. The number of aryl methyl sites for hydroxylation is 1. The average Bonchev–Trinajstić information content (AvgIpc) is 2.99. The lowest BCUT2D eigenvalue weighted by atomic mass is 9.95. The number of thiazole rings is 1. The third kappa shape index (κ3) is 1.94. The molecular formula is C11H18N2OS. The molecule has 1 aromatic rings. The van der Waals surface area contributed by atoms with E-state index in [1.807, 2.05) is 14.0 Å². The molecule has 84 valence electrons. The van der Waals surface area contributed by atoms with E-state index in [9.17, 15) is 0 Å². The van der Waals surface area contributed by atoms with Crippen LogP contribution in [0.15, 0.2) is 5.38 Å². The molecule has 1 unspecified atom stereocenters. The standard InChI is InChI=1S/C11H18N2OS/c1-8-6-15-10(13-8)11(12-2,7-14-3)9-4-5-9/h6,9,12H,4-5,7H2,1-3H3. The molecule has 0 aromatic carbocycles. The summed E-state index contributed by atoms with van der Waals surface area (Å²) in [5.74, 6) is 0.688. The van der Waals surface area contributed by atoms with Crippen molar-refractivity contribution in [2.24, 2.45) is 5.92 Å². The second-order valence-electron chi connectivity index (χ2n) is 4.22. The van der Waals surface area contributed by atoms with Crippen molar-refractivity contribution in [1.29, 1.82) is 0 Å². The van der Waals surface area contributed by atoms with Gasteiger partial charge in [-0.25, -0.2) is 4.98 Å². The van der Waals surface area contributed by atoms with Gasteiger partial charge in [0, 0.05) is 18.2 Å². The molecule has 1 N–H and O–H groups in total. The van der Waals surface area contributed by atoms with Gasteiger partial charge in [-0.05, 0) is 32.7 Å². The second kappa shape index (κ2) is 4.20. The first-order chi connectivity index (χ1) is 7.23. The first kappa shape index (κ1) is 11.0. The summed E-state index contributed by atoms with van der Waals surface area (Å²) in [6.45, 7) is 2.75.